The number of allylic oxidation sites excluding steroid dienone is 1. The first-order valence-corrected chi connectivity index (χ1v) is 6.78. The Morgan fingerprint density at radius 1 is 1.35 bits per heavy atom. The lowest BCUT2D eigenvalue weighted by Crippen LogP contribution is -2.40. The average Bonchev–Trinajstić information content (AvgIpc) is 2.71. The summed E-state index contributed by atoms with van der Waals surface area (Å²) in [5.41, 5.74) is 1.84. The lowest BCUT2D eigenvalue weighted by molar-refractivity contribution is -0.154. The monoisotopic (exact) mass is 236 g/mol. The number of carbonyl (C=O) groups is 1. The van der Waals surface area contributed by atoms with Crippen molar-refractivity contribution in [3.63, 3.8) is 0 Å². The molecule has 2 aliphatic rings. The van der Waals surface area contributed by atoms with Crippen LogP contribution in [-0.2, 0) is 9.53 Å². The Hall–Kier alpha value is -0.790. The van der Waals surface area contributed by atoms with Crippen molar-refractivity contribution in [1.29, 1.82) is 0 Å². The molecule has 0 amide bonds. The molecule has 2 nitrogen and oxygen atoms in total. The quantitative estimate of drug-likeness (QED) is 0.512. The molecule has 2 rings (SSSR count). The molecule has 2 heteroatoms. The van der Waals surface area contributed by atoms with Gasteiger partial charge in [-0.05, 0) is 38.5 Å². The van der Waals surface area contributed by atoms with Gasteiger partial charge in [0.05, 0.1) is 0 Å². The van der Waals surface area contributed by atoms with Gasteiger partial charge in [-0.15, -0.1) is 0 Å². The maximum atomic E-state index is 12.0. The van der Waals surface area contributed by atoms with E-state index >= 15 is 0 Å². The average molecular weight is 236 g/mol. The largest absolute Gasteiger partial charge is 0.455 e. The van der Waals surface area contributed by atoms with Crippen LogP contribution in [0, 0.1) is 17.8 Å². The Morgan fingerprint density at radius 2 is 2.00 bits per heavy atom. The van der Waals surface area contributed by atoms with Gasteiger partial charge < -0.3 is 4.74 Å². The summed E-state index contributed by atoms with van der Waals surface area (Å²) in [5.74, 6) is 1.54. The number of esters is 1. The van der Waals surface area contributed by atoms with Crippen LogP contribution in [0.15, 0.2) is 11.1 Å². The predicted molar refractivity (Wildman–Crippen MR) is 68.5 cm³/mol. The minimum atomic E-state index is -0.197. The Labute approximate surface area is 104 Å². The number of hydrogen-bond donors (Lipinski definition) is 0. The van der Waals surface area contributed by atoms with Crippen LogP contribution in [0.1, 0.15) is 53.9 Å². The first kappa shape index (κ1) is 12.7. The Morgan fingerprint density at radius 3 is 2.47 bits per heavy atom. The Bertz CT molecular complexity index is 363. The molecule has 0 aromatic rings. The minimum Gasteiger partial charge on any atom is -0.455 e. The van der Waals surface area contributed by atoms with Gasteiger partial charge in [-0.3, -0.25) is 0 Å². The normalized spacial score (nSPS) is 37.1. The van der Waals surface area contributed by atoms with E-state index < -0.39 is 0 Å². The maximum Gasteiger partial charge on any atom is 0.334 e. The molecule has 1 aliphatic heterocycles. The van der Waals surface area contributed by atoms with Gasteiger partial charge in [0.1, 0.15) is 5.60 Å². The van der Waals surface area contributed by atoms with Gasteiger partial charge in [-0.2, -0.15) is 0 Å². The Balaban J connectivity index is 2.37. The Kier molecular flexibility index (Phi) is 3.09. The van der Waals surface area contributed by atoms with Gasteiger partial charge >= 0.3 is 5.97 Å². The molecule has 0 bridgehead atoms. The summed E-state index contributed by atoms with van der Waals surface area (Å²) in [4.78, 5) is 12.0. The second kappa shape index (κ2) is 4.15. The summed E-state index contributed by atoms with van der Waals surface area (Å²) < 4.78 is 5.87. The van der Waals surface area contributed by atoms with Gasteiger partial charge in [0, 0.05) is 17.9 Å². The second-order valence-corrected chi connectivity index (χ2v) is 6.33. The summed E-state index contributed by atoms with van der Waals surface area (Å²) in [7, 11) is 0. The van der Waals surface area contributed by atoms with Crippen molar-refractivity contribution in [1.82, 2.24) is 0 Å². The van der Waals surface area contributed by atoms with Crippen LogP contribution in [0.2, 0.25) is 0 Å². The summed E-state index contributed by atoms with van der Waals surface area (Å²) in [5, 5.41) is 0. The zero-order chi connectivity index (χ0) is 12.8. The molecule has 0 unspecified atom stereocenters. The molecule has 1 saturated heterocycles. The van der Waals surface area contributed by atoms with Crippen LogP contribution in [0.5, 0.6) is 0 Å². The van der Waals surface area contributed by atoms with Crippen molar-refractivity contribution in [2.24, 2.45) is 17.8 Å². The van der Waals surface area contributed by atoms with Gasteiger partial charge in [-0.1, -0.05) is 26.3 Å². The van der Waals surface area contributed by atoms with E-state index in [1.807, 2.05) is 13.8 Å². The van der Waals surface area contributed by atoms with Crippen LogP contribution in [0.3, 0.4) is 0 Å². The van der Waals surface area contributed by atoms with E-state index in [0.29, 0.717) is 17.8 Å². The fraction of sp³-hybridized carbons (Fsp3) is 0.800. The fourth-order valence-corrected chi connectivity index (χ4v) is 3.66. The lowest BCUT2D eigenvalue weighted by Gasteiger charge is -2.35. The molecular formula is C15H24O2. The zero-order valence-electron chi connectivity index (χ0n) is 11.7. The molecule has 1 aliphatic carbocycles. The van der Waals surface area contributed by atoms with E-state index in [2.05, 4.69) is 20.8 Å². The first-order valence-electron chi connectivity index (χ1n) is 6.78. The van der Waals surface area contributed by atoms with Crippen molar-refractivity contribution >= 4 is 5.97 Å². The molecule has 1 saturated carbocycles. The highest BCUT2D eigenvalue weighted by Crippen LogP contribution is 2.53. The lowest BCUT2D eigenvalue weighted by atomic mass is 9.76. The summed E-state index contributed by atoms with van der Waals surface area (Å²) in [6, 6.07) is 0. The van der Waals surface area contributed by atoms with Crippen molar-refractivity contribution in [2.75, 3.05) is 0 Å². The van der Waals surface area contributed by atoms with Crippen molar-refractivity contribution in [3.8, 4) is 0 Å². The SMILES string of the molecule is CC(C)=C1C[C@@]2(OC1=O)[C@H](C)CC[C@@H]2C(C)C. The van der Waals surface area contributed by atoms with E-state index in [9.17, 15) is 4.79 Å². The molecule has 0 aromatic carbocycles. The minimum absolute atomic E-state index is 0.0654. The standard InChI is InChI=1S/C15H24O2/c1-9(2)12-8-15(17-14(12)16)11(5)6-7-13(15)10(3)4/h10-11,13H,6-8H2,1-5H3/t11-,13-,15-/m1/s1. The van der Waals surface area contributed by atoms with Crippen molar-refractivity contribution < 1.29 is 9.53 Å². The number of hydrogen-bond acceptors (Lipinski definition) is 2. The van der Waals surface area contributed by atoms with E-state index in [1.54, 1.807) is 0 Å². The van der Waals surface area contributed by atoms with Gasteiger partial charge in [-0.25, -0.2) is 4.79 Å². The summed E-state index contributed by atoms with van der Waals surface area (Å²) in [6.45, 7) is 10.8. The molecule has 0 N–H and O–H groups in total. The first-order chi connectivity index (χ1) is 7.88. The molecule has 1 spiro atoms. The van der Waals surface area contributed by atoms with Crippen LogP contribution >= 0.6 is 0 Å². The second-order valence-electron chi connectivity index (χ2n) is 6.33. The number of rotatable bonds is 1. The van der Waals surface area contributed by atoms with Crippen molar-refractivity contribution in [3.05, 3.63) is 11.1 Å². The van der Waals surface area contributed by atoms with Gasteiger partial charge in [0.15, 0.2) is 0 Å². The van der Waals surface area contributed by atoms with Crippen LogP contribution in [-0.4, -0.2) is 11.6 Å². The van der Waals surface area contributed by atoms with Crippen LogP contribution in [0.25, 0.3) is 0 Å². The molecule has 1 heterocycles. The molecule has 96 valence electrons. The van der Waals surface area contributed by atoms with Gasteiger partial charge in [0.2, 0.25) is 0 Å². The van der Waals surface area contributed by atoms with E-state index in [4.69, 9.17) is 4.74 Å². The molecule has 3 atom stereocenters. The fourth-order valence-electron chi connectivity index (χ4n) is 3.66. The molecule has 2 fully saturated rings. The molecule has 17 heavy (non-hydrogen) atoms. The van der Waals surface area contributed by atoms with Crippen molar-refractivity contribution in [2.45, 2.75) is 59.5 Å². The zero-order valence-corrected chi connectivity index (χ0v) is 11.7. The summed E-state index contributed by atoms with van der Waals surface area (Å²) in [6.07, 6.45) is 3.21. The summed E-state index contributed by atoms with van der Waals surface area (Å²) >= 11 is 0. The third-order valence-electron chi connectivity index (χ3n) is 4.76. The maximum absolute atomic E-state index is 12.0. The highest BCUT2D eigenvalue weighted by Gasteiger charge is 2.56. The highest BCUT2D eigenvalue weighted by atomic mass is 16.6. The number of carbonyl (C=O) groups excluding carboxylic acids is 1. The number of ether oxygens (including phenoxy) is 1. The third kappa shape index (κ3) is 1.82. The molecule has 0 aromatic heterocycles. The highest BCUT2D eigenvalue weighted by molar-refractivity contribution is 5.92. The van der Waals surface area contributed by atoms with Crippen LogP contribution in [0.4, 0.5) is 0 Å². The van der Waals surface area contributed by atoms with E-state index in [0.717, 1.165) is 17.6 Å². The van der Waals surface area contributed by atoms with Gasteiger partial charge in [0.25, 0.3) is 0 Å². The molecule has 0 radical (unpaired) electrons. The third-order valence-corrected chi connectivity index (χ3v) is 4.76. The topological polar surface area (TPSA) is 26.3 Å². The predicted octanol–water partition coefficient (Wildman–Crippen LogP) is 3.71. The van der Waals surface area contributed by atoms with E-state index in [1.165, 1.54) is 12.8 Å². The smallest absolute Gasteiger partial charge is 0.334 e. The molecular weight excluding hydrogens is 212 g/mol. The van der Waals surface area contributed by atoms with Crippen LogP contribution < -0.4 is 0 Å². The van der Waals surface area contributed by atoms with E-state index in [-0.39, 0.29) is 11.6 Å².